The fourth-order valence-electron chi connectivity index (χ4n) is 3.51. The smallest absolute Gasteiger partial charge is 0.306 e. The van der Waals surface area contributed by atoms with Crippen LogP contribution < -0.4 is 19.9 Å². The summed E-state index contributed by atoms with van der Waals surface area (Å²) in [7, 11) is 1.40. The number of benzene rings is 1. The van der Waals surface area contributed by atoms with Crippen LogP contribution in [0.5, 0.6) is 17.2 Å². The first-order chi connectivity index (χ1) is 19.6. The first-order valence-corrected chi connectivity index (χ1v) is 13.7. The number of pyridine rings is 1. The van der Waals surface area contributed by atoms with E-state index in [1.165, 1.54) is 26.3 Å². The second kappa shape index (κ2) is 20.1. The zero-order valence-corrected chi connectivity index (χ0v) is 24.7. The van der Waals surface area contributed by atoms with Gasteiger partial charge in [0.2, 0.25) is 6.79 Å². The van der Waals surface area contributed by atoms with Crippen LogP contribution in [0.2, 0.25) is 0 Å². The number of carbonyl (C=O) groups is 3. The third kappa shape index (κ3) is 15.5. The number of nitrogens with zero attached hydrogens (tertiary/aromatic N) is 1. The number of nitrogens with two attached hydrogens (primary N) is 1. The Balaban J connectivity index is 0.000000354. The summed E-state index contributed by atoms with van der Waals surface area (Å²) < 4.78 is 26.0. The molecule has 11 nitrogen and oxygen atoms in total. The van der Waals surface area contributed by atoms with E-state index < -0.39 is 11.9 Å². The van der Waals surface area contributed by atoms with Crippen LogP contribution >= 0.6 is 0 Å². The van der Waals surface area contributed by atoms with Gasteiger partial charge in [0.1, 0.15) is 18.0 Å². The maximum absolute atomic E-state index is 11.5. The van der Waals surface area contributed by atoms with Crippen molar-refractivity contribution in [3.05, 3.63) is 48.3 Å². The van der Waals surface area contributed by atoms with Gasteiger partial charge in [-0.1, -0.05) is 38.5 Å². The van der Waals surface area contributed by atoms with Gasteiger partial charge in [0, 0.05) is 38.6 Å². The van der Waals surface area contributed by atoms with Gasteiger partial charge in [0.15, 0.2) is 17.2 Å². The topological polar surface area (TPSA) is 156 Å². The van der Waals surface area contributed by atoms with Crippen molar-refractivity contribution in [2.45, 2.75) is 78.4 Å². The second-order valence-electron chi connectivity index (χ2n) is 9.72. The molecule has 0 saturated carbocycles. The number of rotatable bonds is 8. The molecule has 1 aliphatic rings. The summed E-state index contributed by atoms with van der Waals surface area (Å²) in [5.74, 6) is 0.311. The number of aliphatic hydroxyl groups excluding tert-OH is 1. The molecule has 1 aromatic heterocycles. The molecular weight excluding hydrogens is 532 g/mol. The second-order valence-corrected chi connectivity index (χ2v) is 9.72. The number of para-hydroxylation sites is 1. The van der Waals surface area contributed by atoms with Crippen LogP contribution in [0.4, 0.5) is 0 Å². The Morgan fingerprint density at radius 2 is 1.83 bits per heavy atom. The predicted molar refractivity (Wildman–Crippen MR) is 153 cm³/mol. The Bertz CT molecular complexity index is 1050. The van der Waals surface area contributed by atoms with Crippen molar-refractivity contribution in [1.29, 1.82) is 0 Å². The molecule has 0 radical (unpaired) electrons. The van der Waals surface area contributed by atoms with E-state index in [1.54, 1.807) is 0 Å². The minimum atomic E-state index is -0.762. The third-order valence-electron chi connectivity index (χ3n) is 5.53. The average Bonchev–Trinajstić information content (AvgIpc) is 2.93. The largest absolute Gasteiger partial charge is 0.493 e. The van der Waals surface area contributed by atoms with Crippen LogP contribution in [0.15, 0.2) is 42.6 Å². The van der Waals surface area contributed by atoms with E-state index in [9.17, 15) is 14.4 Å². The molecule has 2 atom stereocenters. The third-order valence-corrected chi connectivity index (χ3v) is 5.53. The summed E-state index contributed by atoms with van der Waals surface area (Å²) >= 11 is 0. The number of aromatic nitrogens is 1. The molecule has 1 aliphatic heterocycles. The summed E-state index contributed by atoms with van der Waals surface area (Å²) in [6.45, 7) is 7.08. The predicted octanol–water partition coefficient (Wildman–Crippen LogP) is 4.44. The zero-order valence-electron chi connectivity index (χ0n) is 24.7. The molecule has 2 heterocycles. The average molecular weight is 577 g/mol. The van der Waals surface area contributed by atoms with E-state index in [0.717, 1.165) is 37.9 Å². The number of ether oxygens (including phenoxy) is 5. The van der Waals surface area contributed by atoms with Crippen molar-refractivity contribution in [3.63, 3.8) is 0 Å². The van der Waals surface area contributed by atoms with E-state index in [0.29, 0.717) is 18.9 Å². The fraction of sp³-hybridized carbons (Fsp3) is 0.533. The summed E-state index contributed by atoms with van der Waals surface area (Å²) in [6.07, 6.45) is 6.85. The fourth-order valence-corrected chi connectivity index (χ4v) is 3.51. The molecule has 41 heavy (non-hydrogen) atoms. The highest BCUT2D eigenvalue weighted by atomic mass is 16.7. The van der Waals surface area contributed by atoms with E-state index in [-0.39, 0.29) is 42.2 Å². The molecular formula is C30H44N2O9. The van der Waals surface area contributed by atoms with Crippen molar-refractivity contribution in [2.75, 3.05) is 20.5 Å². The molecule has 1 saturated heterocycles. The zero-order chi connectivity index (χ0) is 30.6. The molecule has 1 amide bonds. The van der Waals surface area contributed by atoms with Gasteiger partial charge >= 0.3 is 11.9 Å². The Morgan fingerprint density at radius 1 is 1.15 bits per heavy atom. The Morgan fingerprint density at radius 3 is 2.41 bits per heavy atom. The minimum absolute atomic E-state index is 0.0451. The van der Waals surface area contributed by atoms with Crippen LogP contribution in [0.25, 0.3) is 0 Å². The van der Waals surface area contributed by atoms with Gasteiger partial charge in [-0.3, -0.25) is 14.4 Å². The molecule has 0 aliphatic carbocycles. The number of amides is 1. The van der Waals surface area contributed by atoms with E-state index in [4.69, 9.17) is 29.8 Å². The van der Waals surface area contributed by atoms with Gasteiger partial charge in [-0.05, 0) is 44.2 Å². The minimum Gasteiger partial charge on any atom is -0.493 e. The first-order valence-electron chi connectivity index (χ1n) is 13.7. The number of aliphatic hydroxyl groups is 1. The van der Waals surface area contributed by atoms with Crippen LogP contribution in [0.1, 0.15) is 76.7 Å². The van der Waals surface area contributed by atoms with E-state index in [1.807, 2.05) is 51.1 Å². The number of esters is 2. The lowest BCUT2D eigenvalue weighted by Gasteiger charge is -2.24. The van der Waals surface area contributed by atoms with Gasteiger partial charge < -0.3 is 34.5 Å². The number of hydrogen-bond donors (Lipinski definition) is 2. The molecule has 1 aromatic carbocycles. The highest BCUT2D eigenvalue weighted by Gasteiger charge is 2.20. The van der Waals surface area contributed by atoms with Gasteiger partial charge in [-0.15, -0.1) is 0 Å². The van der Waals surface area contributed by atoms with E-state index >= 15 is 0 Å². The SMILES string of the molecule is CC(C)CO.CC1CC(Oc2ccccc2)CCCCCC(=O)O1.COc1ccnc(C(N)=O)c1OCOC(C)=O. The van der Waals surface area contributed by atoms with Gasteiger partial charge in [0.05, 0.1) is 7.11 Å². The standard InChI is InChI=1S/C16H22O3.C10H12N2O5.C4H10O/c1-13-12-15(19-14-8-4-2-5-9-14)10-6-3-7-11-16(17)18-13;1-6(13)16-5-17-9-7(15-2)3-4-12-8(9)10(11)14;1-4(2)3-5/h2,4-5,8-9,13,15H,3,6-7,10-12H2,1H3;3-4H,5H2,1-2H3,(H2,11,14);4-5H,3H2,1-2H3. The maximum Gasteiger partial charge on any atom is 0.306 e. The lowest BCUT2D eigenvalue weighted by molar-refractivity contribution is -0.150. The van der Waals surface area contributed by atoms with Crippen LogP contribution in [0.3, 0.4) is 0 Å². The molecule has 11 heteroatoms. The van der Waals surface area contributed by atoms with Crippen molar-refractivity contribution in [2.24, 2.45) is 11.7 Å². The lowest BCUT2D eigenvalue weighted by Crippen LogP contribution is -2.26. The molecule has 1 fully saturated rings. The number of methoxy groups -OCH3 is 1. The molecule has 2 unspecified atom stereocenters. The Kier molecular flexibility index (Phi) is 17.2. The summed E-state index contributed by atoms with van der Waals surface area (Å²) in [6, 6.07) is 11.4. The number of cyclic esters (lactones) is 1. The van der Waals surface area contributed by atoms with Crippen LogP contribution in [-0.4, -0.2) is 60.7 Å². The molecule has 2 aromatic rings. The molecule has 0 spiro atoms. The van der Waals surface area contributed by atoms with Crippen molar-refractivity contribution >= 4 is 17.8 Å². The van der Waals surface area contributed by atoms with Crippen molar-refractivity contribution in [1.82, 2.24) is 4.98 Å². The highest BCUT2D eigenvalue weighted by Crippen LogP contribution is 2.29. The van der Waals surface area contributed by atoms with Crippen molar-refractivity contribution < 1.29 is 43.2 Å². The first kappa shape index (κ1) is 35.2. The lowest BCUT2D eigenvalue weighted by atomic mass is 10.0. The number of primary amides is 1. The summed E-state index contributed by atoms with van der Waals surface area (Å²) in [5.41, 5.74) is 5.04. The quantitative estimate of drug-likeness (QED) is 0.340. The number of carbonyl (C=O) groups excluding carboxylic acids is 3. The van der Waals surface area contributed by atoms with Gasteiger partial charge in [-0.25, -0.2) is 4.98 Å². The monoisotopic (exact) mass is 576 g/mol. The molecule has 3 rings (SSSR count). The molecule has 0 bridgehead atoms. The Labute approximate surface area is 242 Å². The number of hydrogen-bond acceptors (Lipinski definition) is 10. The molecule has 3 N–H and O–H groups in total. The van der Waals surface area contributed by atoms with E-state index in [2.05, 4.69) is 9.72 Å². The highest BCUT2D eigenvalue weighted by molar-refractivity contribution is 5.94. The van der Waals surface area contributed by atoms with Gasteiger partial charge in [-0.2, -0.15) is 0 Å². The van der Waals surface area contributed by atoms with Crippen molar-refractivity contribution in [3.8, 4) is 17.2 Å². The van der Waals surface area contributed by atoms with Crippen LogP contribution in [0, 0.1) is 5.92 Å². The summed E-state index contributed by atoms with van der Waals surface area (Å²) in [5, 5.41) is 8.14. The Hall–Kier alpha value is -3.86. The van der Waals surface area contributed by atoms with Crippen LogP contribution in [-0.2, 0) is 19.1 Å². The van der Waals surface area contributed by atoms with Gasteiger partial charge in [0.25, 0.3) is 5.91 Å². The summed E-state index contributed by atoms with van der Waals surface area (Å²) in [4.78, 5) is 36.9. The normalized spacial score (nSPS) is 16.9. The molecule has 228 valence electrons. The maximum atomic E-state index is 11.5.